The molecule has 0 saturated carbocycles. The number of carbonyl (C=O) groups is 2. The van der Waals surface area contributed by atoms with Gasteiger partial charge in [0.15, 0.2) is 11.5 Å². The topological polar surface area (TPSA) is 104 Å². The van der Waals surface area contributed by atoms with Crippen LogP contribution >= 0.6 is 0 Å². The first-order valence-electron chi connectivity index (χ1n) is 7.06. The molecule has 3 aromatic rings. The van der Waals surface area contributed by atoms with Crippen molar-refractivity contribution in [1.82, 2.24) is 19.6 Å². The van der Waals surface area contributed by atoms with Gasteiger partial charge in [-0.15, -0.1) is 0 Å². The zero-order chi connectivity index (χ0) is 17.1. The molecular weight excluding hydrogens is 314 g/mol. The SMILES string of the molecule is COC(=O)c1nn(C)cc1NC(=O)c1ccc(Cn2cccn2)o1. The number of hydrogen-bond acceptors (Lipinski definition) is 6. The van der Waals surface area contributed by atoms with Gasteiger partial charge in [0.2, 0.25) is 0 Å². The van der Waals surface area contributed by atoms with Gasteiger partial charge in [-0.25, -0.2) is 4.79 Å². The summed E-state index contributed by atoms with van der Waals surface area (Å²) in [6.07, 6.45) is 4.96. The maximum absolute atomic E-state index is 12.3. The number of rotatable bonds is 5. The molecule has 3 rings (SSSR count). The van der Waals surface area contributed by atoms with Gasteiger partial charge >= 0.3 is 5.97 Å². The summed E-state index contributed by atoms with van der Waals surface area (Å²) >= 11 is 0. The van der Waals surface area contributed by atoms with Crippen LogP contribution in [0.15, 0.2) is 41.2 Å². The monoisotopic (exact) mass is 329 g/mol. The molecule has 3 heterocycles. The Bertz CT molecular complexity index is 862. The second-order valence-corrected chi connectivity index (χ2v) is 4.98. The number of hydrogen-bond donors (Lipinski definition) is 1. The standard InChI is InChI=1S/C15H15N5O4/c1-19-9-11(13(18-19)15(22)23-2)17-14(21)12-5-4-10(24-12)8-20-7-3-6-16-20/h3-7,9H,8H2,1-2H3,(H,17,21). The summed E-state index contributed by atoms with van der Waals surface area (Å²) in [5.74, 6) is -0.412. The molecule has 0 atom stereocenters. The average Bonchev–Trinajstić information content (AvgIpc) is 3.29. The van der Waals surface area contributed by atoms with Gasteiger partial charge in [0.1, 0.15) is 5.76 Å². The molecule has 0 aliphatic heterocycles. The van der Waals surface area contributed by atoms with E-state index in [-0.39, 0.29) is 17.1 Å². The van der Waals surface area contributed by atoms with Gasteiger partial charge in [0.25, 0.3) is 5.91 Å². The highest BCUT2D eigenvalue weighted by Gasteiger charge is 2.20. The third-order valence-electron chi connectivity index (χ3n) is 3.22. The highest BCUT2D eigenvalue weighted by molar-refractivity contribution is 6.05. The Morgan fingerprint density at radius 2 is 2.21 bits per heavy atom. The molecule has 0 radical (unpaired) electrons. The van der Waals surface area contributed by atoms with E-state index in [1.54, 1.807) is 42.3 Å². The molecule has 0 unspecified atom stereocenters. The Balaban J connectivity index is 1.74. The summed E-state index contributed by atoms with van der Waals surface area (Å²) in [7, 11) is 2.88. The fraction of sp³-hybridized carbons (Fsp3) is 0.200. The molecule has 3 aromatic heterocycles. The molecule has 9 heteroatoms. The van der Waals surface area contributed by atoms with E-state index in [1.165, 1.54) is 18.0 Å². The molecule has 1 amide bonds. The number of furan rings is 1. The van der Waals surface area contributed by atoms with E-state index in [0.29, 0.717) is 12.3 Å². The lowest BCUT2D eigenvalue weighted by Crippen LogP contribution is -2.14. The van der Waals surface area contributed by atoms with E-state index in [2.05, 4.69) is 20.3 Å². The van der Waals surface area contributed by atoms with Crippen LogP contribution in [0.5, 0.6) is 0 Å². The first-order valence-corrected chi connectivity index (χ1v) is 7.06. The van der Waals surface area contributed by atoms with Gasteiger partial charge in [-0.2, -0.15) is 10.2 Å². The number of methoxy groups -OCH3 is 1. The van der Waals surface area contributed by atoms with E-state index >= 15 is 0 Å². The maximum atomic E-state index is 12.3. The molecule has 0 saturated heterocycles. The van der Waals surface area contributed by atoms with Crippen molar-refractivity contribution < 1.29 is 18.7 Å². The minimum atomic E-state index is -0.635. The van der Waals surface area contributed by atoms with Gasteiger partial charge in [-0.05, 0) is 18.2 Å². The third-order valence-corrected chi connectivity index (χ3v) is 3.22. The van der Waals surface area contributed by atoms with Crippen molar-refractivity contribution in [2.45, 2.75) is 6.54 Å². The van der Waals surface area contributed by atoms with E-state index in [0.717, 1.165) is 0 Å². The van der Waals surface area contributed by atoms with Crippen LogP contribution in [-0.4, -0.2) is 38.5 Å². The van der Waals surface area contributed by atoms with Gasteiger partial charge in [0.05, 0.1) is 19.3 Å². The summed E-state index contributed by atoms with van der Waals surface area (Å²) in [5, 5.41) is 10.6. The number of aryl methyl sites for hydroxylation is 1. The van der Waals surface area contributed by atoms with E-state index < -0.39 is 11.9 Å². The Labute approximate surface area is 136 Å². The summed E-state index contributed by atoms with van der Waals surface area (Å²) < 4.78 is 13.2. The van der Waals surface area contributed by atoms with Crippen LogP contribution in [0.4, 0.5) is 5.69 Å². The van der Waals surface area contributed by atoms with E-state index in [9.17, 15) is 9.59 Å². The molecule has 124 valence electrons. The van der Waals surface area contributed by atoms with Gasteiger partial charge in [0, 0.05) is 25.6 Å². The van der Waals surface area contributed by atoms with Crippen molar-refractivity contribution in [3.8, 4) is 0 Å². The largest absolute Gasteiger partial charge is 0.464 e. The Hall–Kier alpha value is -3.36. The number of ether oxygens (including phenoxy) is 1. The third kappa shape index (κ3) is 3.19. The zero-order valence-electron chi connectivity index (χ0n) is 13.1. The number of esters is 1. The Kier molecular flexibility index (Phi) is 4.15. The molecule has 0 bridgehead atoms. The highest BCUT2D eigenvalue weighted by Crippen LogP contribution is 2.17. The van der Waals surface area contributed by atoms with Crippen LogP contribution in [0.25, 0.3) is 0 Å². The van der Waals surface area contributed by atoms with Crippen LogP contribution in [0.2, 0.25) is 0 Å². The van der Waals surface area contributed by atoms with E-state index in [4.69, 9.17) is 4.42 Å². The molecule has 0 aromatic carbocycles. The first kappa shape index (κ1) is 15.5. The number of nitrogens with one attached hydrogen (secondary N) is 1. The lowest BCUT2D eigenvalue weighted by molar-refractivity contribution is 0.0594. The van der Waals surface area contributed by atoms with Crippen molar-refractivity contribution in [2.24, 2.45) is 7.05 Å². The molecule has 0 aliphatic carbocycles. The van der Waals surface area contributed by atoms with Gasteiger partial charge in [-0.1, -0.05) is 0 Å². The van der Waals surface area contributed by atoms with Gasteiger partial charge in [-0.3, -0.25) is 14.2 Å². The predicted octanol–water partition coefficient (Wildman–Crippen LogP) is 1.30. The minimum absolute atomic E-state index is 0.0247. The molecule has 1 N–H and O–H groups in total. The molecule has 24 heavy (non-hydrogen) atoms. The molecule has 0 spiro atoms. The lowest BCUT2D eigenvalue weighted by Gasteiger charge is -2.02. The van der Waals surface area contributed by atoms with Crippen molar-refractivity contribution in [3.05, 3.63) is 54.0 Å². The van der Waals surface area contributed by atoms with Gasteiger partial charge < -0.3 is 14.5 Å². The van der Waals surface area contributed by atoms with Crippen molar-refractivity contribution in [2.75, 3.05) is 12.4 Å². The van der Waals surface area contributed by atoms with Crippen LogP contribution < -0.4 is 5.32 Å². The van der Waals surface area contributed by atoms with E-state index in [1.807, 2.05) is 0 Å². The fourth-order valence-electron chi connectivity index (χ4n) is 2.15. The second kappa shape index (κ2) is 6.41. The number of anilines is 1. The van der Waals surface area contributed by atoms with Crippen molar-refractivity contribution in [1.29, 1.82) is 0 Å². The quantitative estimate of drug-likeness (QED) is 0.708. The molecule has 9 nitrogen and oxygen atoms in total. The smallest absolute Gasteiger partial charge is 0.360 e. The zero-order valence-corrected chi connectivity index (χ0v) is 13.1. The second-order valence-electron chi connectivity index (χ2n) is 4.98. The Morgan fingerprint density at radius 3 is 2.92 bits per heavy atom. The number of carbonyl (C=O) groups excluding carboxylic acids is 2. The minimum Gasteiger partial charge on any atom is -0.464 e. The summed E-state index contributed by atoms with van der Waals surface area (Å²) in [6.45, 7) is 0.417. The summed E-state index contributed by atoms with van der Waals surface area (Å²) in [4.78, 5) is 24.0. The molecule has 0 fully saturated rings. The number of aromatic nitrogens is 4. The number of nitrogens with zero attached hydrogens (tertiary/aromatic N) is 4. The number of amides is 1. The summed E-state index contributed by atoms with van der Waals surface area (Å²) in [5.41, 5.74) is 0.274. The fourth-order valence-corrected chi connectivity index (χ4v) is 2.15. The van der Waals surface area contributed by atoms with Crippen molar-refractivity contribution >= 4 is 17.6 Å². The van der Waals surface area contributed by atoms with Crippen LogP contribution in [0, 0.1) is 0 Å². The molecular formula is C15H15N5O4. The van der Waals surface area contributed by atoms with Crippen LogP contribution in [0.3, 0.4) is 0 Å². The van der Waals surface area contributed by atoms with Crippen molar-refractivity contribution in [3.63, 3.8) is 0 Å². The maximum Gasteiger partial charge on any atom is 0.360 e. The van der Waals surface area contributed by atoms with Crippen LogP contribution in [0.1, 0.15) is 26.8 Å². The van der Waals surface area contributed by atoms with Crippen LogP contribution in [-0.2, 0) is 18.3 Å². The predicted molar refractivity (Wildman–Crippen MR) is 82.5 cm³/mol. The lowest BCUT2D eigenvalue weighted by atomic mass is 10.3. The average molecular weight is 329 g/mol. The molecule has 0 aliphatic rings. The highest BCUT2D eigenvalue weighted by atomic mass is 16.5. The Morgan fingerprint density at radius 1 is 1.38 bits per heavy atom. The normalized spacial score (nSPS) is 10.6. The first-order chi connectivity index (χ1) is 11.6. The summed E-state index contributed by atoms with van der Waals surface area (Å²) in [6, 6.07) is 5.05.